The molecule has 118 valence electrons. The molecule has 4 fully saturated rings. The maximum absolute atomic E-state index is 11.9. The number of carbonyl (C=O) groups is 1. The second-order valence-electron chi connectivity index (χ2n) is 8.74. The van der Waals surface area contributed by atoms with E-state index in [0.29, 0.717) is 17.1 Å². The van der Waals surface area contributed by atoms with E-state index in [1.54, 1.807) is 0 Å². The van der Waals surface area contributed by atoms with Crippen molar-refractivity contribution in [1.82, 2.24) is 0 Å². The Balaban J connectivity index is 1.62. The van der Waals surface area contributed by atoms with Crippen molar-refractivity contribution in [3.63, 3.8) is 0 Å². The van der Waals surface area contributed by atoms with Crippen LogP contribution in [0.15, 0.2) is 0 Å². The van der Waals surface area contributed by atoms with Crippen molar-refractivity contribution in [2.45, 2.75) is 77.2 Å². The van der Waals surface area contributed by atoms with Gasteiger partial charge in [-0.05, 0) is 81.0 Å². The first kappa shape index (κ1) is 14.2. The Hall–Kier alpha value is -0.370. The molecule has 1 heterocycles. The molecule has 0 radical (unpaired) electrons. The van der Waals surface area contributed by atoms with Gasteiger partial charge in [0.15, 0.2) is 0 Å². The minimum Gasteiger partial charge on any atom is -0.375 e. The van der Waals surface area contributed by atoms with E-state index in [-0.39, 0.29) is 5.60 Å². The molecular formula is C19H30O2. The lowest BCUT2D eigenvalue weighted by molar-refractivity contribution is -0.192. The van der Waals surface area contributed by atoms with Crippen LogP contribution in [0.2, 0.25) is 0 Å². The third-order valence-corrected chi connectivity index (χ3v) is 7.91. The lowest BCUT2D eigenvalue weighted by Crippen LogP contribution is -2.57. The molecule has 0 N–H and O–H groups in total. The lowest BCUT2D eigenvalue weighted by Gasteiger charge is -2.61. The molecule has 4 unspecified atom stereocenters. The highest BCUT2D eigenvalue weighted by atomic mass is 16.5. The molecule has 3 saturated carbocycles. The van der Waals surface area contributed by atoms with Gasteiger partial charge in [-0.2, -0.15) is 0 Å². The summed E-state index contributed by atoms with van der Waals surface area (Å²) in [6.45, 7) is 5.87. The normalized spacial score (nSPS) is 53.5. The SMILES string of the molecule is C[C@]12CCC(=O)CC1CCC1C2CC[C@]2(C)OCCCC12. The molecule has 1 saturated heterocycles. The van der Waals surface area contributed by atoms with Crippen LogP contribution in [0.5, 0.6) is 0 Å². The summed E-state index contributed by atoms with van der Waals surface area (Å²) in [4.78, 5) is 11.9. The van der Waals surface area contributed by atoms with E-state index in [0.717, 1.165) is 43.6 Å². The average Bonchev–Trinajstić information content (AvgIpc) is 2.47. The number of ether oxygens (including phenoxy) is 1. The van der Waals surface area contributed by atoms with Crippen molar-refractivity contribution >= 4 is 5.78 Å². The zero-order chi connectivity index (χ0) is 14.7. The highest BCUT2D eigenvalue weighted by molar-refractivity contribution is 5.79. The maximum Gasteiger partial charge on any atom is 0.133 e. The number of carbonyl (C=O) groups excluding carboxylic acids is 1. The van der Waals surface area contributed by atoms with Crippen molar-refractivity contribution in [2.75, 3.05) is 6.61 Å². The number of rotatable bonds is 0. The van der Waals surface area contributed by atoms with E-state index in [4.69, 9.17) is 4.74 Å². The number of ketones is 1. The molecule has 0 bridgehead atoms. The summed E-state index contributed by atoms with van der Waals surface area (Å²) in [7, 11) is 0. The molecule has 3 aliphatic carbocycles. The summed E-state index contributed by atoms with van der Waals surface area (Å²) >= 11 is 0. The molecule has 1 aliphatic heterocycles. The number of fused-ring (bicyclic) bond motifs is 5. The zero-order valence-electron chi connectivity index (χ0n) is 13.7. The van der Waals surface area contributed by atoms with Gasteiger partial charge in [-0.3, -0.25) is 4.79 Å². The van der Waals surface area contributed by atoms with Crippen LogP contribution >= 0.6 is 0 Å². The summed E-state index contributed by atoms with van der Waals surface area (Å²) < 4.78 is 6.25. The van der Waals surface area contributed by atoms with E-state index >= 15 is 0 Å². The fourth-order valence-corrected chi connectivity index (χ4v) is 6.64. The van der Waals surface area contributed by atoms with Crippen molar-refractivity contribution in [3.05, 3.63) is 0 Å². The molecule has 4 aliphatic rings. The fraction of sp³-hybridized carbons (Fsp3) is 0.947. The molecule has 0 aromatic carbocycles. The Kier molecular flexibility index (Phi) is 3.26. The van der Waals surface area contributed by atoms with Gasteiger partial charge in [-0.25, -0.2) is 0 Å². The van der Waals surface area contributed by atoms with E-state index in [1.807, 2.05) is 0 Å². The Bertz CT molecular complexity index is 445. The van der Waals surface area contributed by atoms with E-state index < -0.39 is 0 Å². The molecule has 0 spiro atoms. The first-order valence-electron chi connectivity index (χ1n) is 9.19. The average molecular weight is 290 g/mol. The van der Waals surface area contributed by atoms with Crippen LogP contribution in [0, 0.1) is 29.1 Å². The Morgan fingerprint density at radius 2 is 1.90 bits per heavy atom. The summed E-state index contributed by atoms with van der Waals surface area (Å²) in [6, 6.07) is 0. The largest absolute Gasteiger partial charge is 0.375 e. The molecule has 6 atom stereocenters. The quantitative estimate of drug-likeness (QED) is 0.662. The van der Waals surface area contributed by atoms with E-state index in [2.05, 4.69) is 13.8 Å². The summed E-state index contributed by atoms with van der Waals surface area (Å²) in [5.74, 6) is 3.69. The summed E-state index contributed by atoms with van der Waals surface area (Å²) in [5.41, 5.74) is 0.600. The van der Waals surface area contributed by atoms with Crippen molar-refractivity contribution in [1.29, 1.82) is 0 Å². The lowest BCUT2D eigenvalue weighted by atomic mass is 9.46. The Morgan fingerprint density at radius 3 is 2.76 bits per heavy atom. The van der Waals surface area contributed by atoms with Crippen LogP contribution in [0.4, 0.5) is 0 Å². The fourth-order valence-electron chi connectivity index (χ4n) is 6.64. The molecule has 4 rings (SSSR count). The highest BCUT2D eigenvalue weighted by Crippen LogP contribution is 2.62. The van der Waals surface area contributed by atoms with Gasteiger partial charge in [0.2, 0.25) is 0 Å². The van der Waals surface area contributed by atoms with E-state index in [1.165, 1.54) is 38.5 Å². The van der Waals surface area contributed by atoms with Crippen molar-refractivity contribution < 1.29 is 9.53 Å². The number of hydrogen-bond acceptors (Lipinski definition) is 2. The Morgan fingerprint density at radius 1 is 1.05 bits per heavy atom. The van der Waals surface area contributed by atoms with Crippen molar-refractivity contribution in [2.24, 2.45) is 29.1 Å². The van der Waals surface area contributed by atoms with Crippen LogP contribution in [0.25, 0.3) is 0 Å². The Labute approximate surface area is 129 Å². The molecule has 2 nitrogen and oxygen atoms in total. The standard InChI is InChI=1S/C19H30O2/c1-18-9-7-14(20)12-13(18)5-6-15-16(18)8-10-19(2)17(15)4-3-11-21-19/h13,15-17H,3-12H2,1-2H3/t13?,15?,16?,17?,18-,19-/m0/s1. The van der Waals surface area contributed by atoms with Crippen LogP contribution < -0.4 is 0 Å². The third kappa shape index (κ3) is 2.04. The van der Waals surface area contributed by atoms with Gasteiger partial charge in [0, 0.05) is 19.4 Å². The summed E-state index contributed by atoms with van der Waals surface area (Å²) in [5, 5.41) is 0. The minimum atomic E-state index is 0.160. The van der Waals surface area contributed by atoms with Gasteiger partial charge in [-0.1, -0.05) is 6.92 Å². The van der Waals surface area contributed by atoms with Gasteiger partial charge in [0.05, 0.1) is 5.60 Å². The monoisotopic (exact) mass is 290 g/mol. The van der Waals surface area contributed by atoms with Gasteiger partial charge >= 0.3 is 0 Å². The number of Topliss-reactive ketones (excluding diaryl/α,β-unsaturated/α-hetero) is 1. The van der Waals surface area contributed by atoms with Crippen molar-refractivity contribution in [3.8, 4) is 0 Å². The van der Waals surface area contributed by atoms with Crippen LogP contribution in [0.3, 0.4) is 0 Å². The third-order valence-electron chi connectivity index (χ3n) is 7.91. The van der Waals surface area contributed by atoms with Crippen LogP contribution in [-0.2, 0) is 9.53 Å². The van der Waals surface area contributed by atoms with Gasteiger partial charge in [0.25, 0.3) is 0 Å². The van der Waals surface area contributed by atoms with E-state index in [9.17, 15) is 4.79 Å². The molecule has 21 heavy (non-hydrogen) atoms. The topological polar surface area (TPSA) is 26.3 Å². The molecule has 2 heteroatoms. The molecule has 0 amide bonds. The zero-order valence-corrected chi connectivity index (χ0v) is 13.7. The first-order chi connectivity index (χ1) is 10.0. The molecular weight excluding hydrogens is 260 g/mol. The summed E-state index contributed by atoms with van der Waals surface area (Å²) in [6.07, 6.45) is 10.7. The number of hydrogen-bond donors (Lipinski definition) is 0. The van der Waals surface area contributed by atoms with Gasteiger partial charge in [-0.15, -0.1) is 0 Å². The van der Waals surface area contributed by atoms with Gasteiger partial charge < -0.3 is 4.74 Å². The van der Waals surface area contributed by atoms with Gasteiger partial charge in [0.1, 0.15) is 5.78 Å². The minimum absolute atomic E-state index is 0.160. The molecule has 0 aromatic heterocycles. The molecule has 0 aromatic rings. The smallest absolute Gasteiger partial charge is 0.133 e. The second-order valence-corrected chi connectivity index (χ2v) is 8.74. The predicted molar refractivity (Wildman–Crippen MR) is 83.0 cm³/mol. The first-order valence-corrected chi connectivity index (χ1v) is 9.19. The van der Waals surface area contributed by atoms with Crippen LogP contribution in [0.1, 0.15) is 71.6 Å². The highest BCUT2D eigenvalue weighted by Gasteiger charge is 2.57. The predicted octanol–water partition coefficient (Wildman–Crippen LogP) is 4.37. The maximum atomic E-state index is 11.9. The van der Waals surface area contributed by atoms with Crippen LogP contribution in [-0.4, -0.2) is 18.0 Å². The second kappa shape index (κ2) is 4.81.